The van der Waals surface area contributed by atoms with E-state index in [-0.39, 0.29) is 11.9 Å². The Morgan fingerprint density at radius 1 is 1.21 bits per heavy atom. The Balaban J connectivity index is 1.24. The number of hydrogen-bond acceptors (Lipinski definition) is 3. The molecule has 6 heteroatoms. The van der Waals surface area contributed by atoms with E-state index >= 15 is 0 Å². The van der Waals surface area contributed by atoms with Crippen LogP contribution in [0.4, 0.5) is 4.79 Å². The predicted octanol–water partition coefficient (Wildman–Crippen LogP) is 3.26. The molecule has 1 fully saturated rings. The SMILES string of the molecule is O=C(NCCc1c[nH]c2ccccc12)N1CCC([C@H](O)c2ccccn2)CC1. The Hall–Kier alpha value is -2.86. The molecule has 3 aromatic rings. The van der Waals surface area contributed by atoms with Crippen LogP contribution in [0.3, 0.4) is 0 Å². The Kier molecular flexibility index (Phi) is 5.58. The van der Waals surface area contributed by atoms with Gasteiger partial charge in [-0.3, -0.25) is 4.98 Å². The molecule has 0 spiro atoms. The van der Waals surface area contributed by atoms with Crippen molar-refractivity contribution >= 4 is 16.9 Å². The van der Waals surface area contributed by atoms with Crippen molar-refractivity contribution in [2.24, 2.45) is 5.92 Å². The maximum Gasteiger partial charge on any atom is 0.317 e. The van der Waals surface area contributed by atoms with Crippen molar-refractivity contribution in [2.75, 3.05) is 19.6 Å². The fraction of sp³-hybridized carbons (Fsp3) is 0.364. The summed E-state index contributed by atoms with van der Waals surface area (Å²) in [6.45, 7) is 1.93. The lowest BCUT2D eigenvalue weighted by Gasteiger charge is -2.34. The number of aliphatic hydroxyl groups is 1. The molecule has 28 heavy (non-hydrogen) atoms. The molecule has 1 atom stereocenters. The van der Waals surface area contributed by atoms with Crippen LogP contribution in [0.5, 0.6) is 0 Å². The lowest BCUT2D eigenvalue weighted by Crippen LogP contribution is -2.45. The van der Waals surface area contributed by atoms with E-state index in [1.807, 2.05) is 41.4 Å². The number of aliphatic hydroxyl groups excluding tert-OH is 1. The fourth-order valence-corrected chi connectivity index (χ4v) is 3.97. The molecule has 3 heterocycles. The average molecular weight is 378 g/mol. The molecule has 1 saturated heterocycles. The zero-order valence-corrected chi connectivity index (χ0v) is 15.8. The van der Waals surface area contributed by atoms with Crippen molar-refractivity contribution in [3.8, 4) is 0 Å². The Labute approximate surface area is 164 Å². The number of rotatable bonds is 5. The molecule has 2 amide bonds. The first-order chi connectivity index (χ1) is 13.7. The third-order valence-electron chi connectivity index (χ3n) is 5.61. The van der Waals surface area contributed by atoms with Gasteiger partial charge in [0.25, 0.3) is 0 Å². The highest BCUT2D eigenvalue weighted by atomic mass is 16.3. The molecule has 3 N–H and O–H groups in total. The Bertz CT molecular complexity index is 916. The number of carbonyl (C=O) groups is 1. The van der Waals surface area contributed by atoms with Crippen LogP contribution in [0.25, 0.3) is 10.9 Å². The van der Waals surface area contributed by atoms with Gasteiger partial charge in [-0.05, 0) is 48.9 Å². The van der Waals surface area contributed by atoms with Crippen molar-refractivity contribution in [3.63, 3.8) is 0 Å². The van der Waals surface area contributed by atoms with Crippen LogP contribution in [-0.2, 0) is 6.42 Å². The summed E-state index contributed by atoms with van der Waals surface area (Å²) in [5.41, 5.74) is 3.05. The van der Waals surface area contributed by atoms with E-state index in [4.69, 9.17) is 0 Å². The van der Waals surface area contributed by atoms with Gasteiger partial charge in [0.05, 0.1) is 11.8 Å². The highest BCUT2D eigenvalue weighted by Gasteiger charge is 2.28. The van der Waals surface area contributed by atoms with Crippen LogP contribution in [-0.4, -0.2) is 45.6 Å². The summed E-state index contributed by atoms with van der Waals surface area (Å²) < 4.78 is 0. The maximum atomic E-state index is 12.5. The van der Waals surface area contributed by atoms with Gasteiger partial charge in [0.1, 0.15) is 0 Å². The predicted molar refractivity (Wildman–Crippen MR) is 109 cm³/mol. The third kappa shape index (κ3) is 4.02. The molecule has 2 aromatic heterocycles. The van der Waals surface area contributed by atoms with Gasteiger partial charge in [-0.1, -0.05) is 24.3 Å². The minimum atomic E-state index is -0.562. The standard InChI is InChI=1S/C22H26N4O2/c27-21(20-7-3-4-11-23-20)16-9-13-26(14-10-16)22(28)24-12-8-17-15-25-19-6-2-1-5-18(17)19/h1-7,11,15-16,21,25,27H,8-10,12-14H2,(H,24,28)/t21-/m0/s1. The monoisotopic (exact) mass is 378 g/mol. The summed E-state index contributed by atoms with van der Waals surface area (Å²) in [5.74, 6) is 0.144. The van der Waals surface area contributed by atoms with Gasteiger partial charge in [0.15, 0.2) is 0 Å². The number of H-pyrrole nitrogens is 1. The minimum Gasteiger partial charge on any atom is -0.387 e. The minimum absolute atomic E-state index is 0.0226. The summed E-state index contributed by atoms with van der Waals surface area (Å²) >= 11 is 0. The smallest absolute Gasteiger partial charge is 0.317 e. The van der Waals surface area contributed by atoms with Crippen molar-refractivity contribution in [1.82, 2.24) is 20.2 Å². The van der Waals surface area contributed by atoms with Crippen molar-refractivity contribution in [1.29, 1.82) is 0 Å². The zero-order chi connectivity index (χ0) is 19.3. The fourth-order valence-electron chi connectivity index (χ4n) is 3.97. The highest BCUT2D eigenvalue weighted by Crippen LogP contribution is 2.29. The van der Waals surface area contributed by atoms with E-state index in [0.717, 1.165) is 24.8 Å². The first-order valence-electron chi connectivity index (χ1n) is 9.89. The second-order valence-corrected chi connectivity index (χ2v) is 7.37. The van der Waals surface area contributed by atoms with Gasteiger partial charge in [-0.15, -0.1) is 0 Å². The molecule has 146 valence electrons. The van der Waals surface area contributed by atoms with E-state index < -0.39 is 6.10 Å². The molecule has 0 unspecified atom stereocenters. The van der Waals surface area contributed by atoms with Gasteiger partial charge in [0.2, 0.25) is 0 Å². The number of fused-ring (bicyclic) bond motifs is 1. The van der Waals surface area contributed by atoms with E-state index in [9.17, 15) is 9.90 Å². The van der Waals surface area contributed by atoms with Gasteiger partial charge in [-0.2, -0.15) is 0 Å². The molecule has 0 radical (unpaired) electrons. The second kappa shape index (κ2) is 8.44. The number of aromatic nitrogens is 2. The van der Waals surface area contributed by atoms with Crippen molar-refractivity contribution in [3.05, 3.63) is 66.1 Å². The normalized spacial score (nSPS) is 16.2. The summed E-state index contributed by atoms with van der Waals surface area (Å²) in [5, 5.41) is 14.8. The summed E-state index contributed by atoms with van der Waals surface area (Å²) in [7, 11) is 0. The molecular weight excluding hydrogens is 352 g/mol. The van der Waals surface area contributed by atoms with E-state index in [2.05, 4.69) is 27.4 Å². The number of benzene rings is 1. The summed E-state index contributed by atoms with van der Waals surface area (Å²) in [4.78, 5) is 21.8. The number of para-hydroxylation sites is 1. The van der Waals surface area contributed by atoms with Crippen molar-refractivity contribution in [2.45, 2.75) is 25.4 Å². The highest BCUT2D eigenvalue weighted by molar-refractivity contribution is 5.83. The third-order valence-corrected chi connectivity index (χ3v) is 5.61. The van der Waals surface area contributed by atoms with Gasteiger partial charge in [-0.25, -0.2) is 4.79 Å². The average Bonchev–Trinajstić information content (AvgIpc) is 3.17. The zero-order valence-electron chi connectivity index (χ0n) is 15.8. The van der Waals surface area contributed by atoms with Gasteiger partial charge in [0, 0.05) is 42.9 Å². The Morgan fingerprint density at radius 3 is 2.79 bits per heavy atom. The number of hydrogen-bond donors (Lipinski definition) is 3. The number of nitrogens with zero attached hydrogens (tertiary/aromatic N) is 2. The quantitative estimate of drug-likeness (QED) is 0.637. The number of aromatic amines is 1. The number of urea groups is 1. The van der Waals surface area contributed by atoms with Crippen molar-refractivity contribution < 1.29 is 9.90 Å². The topological polar surface area (TPSA) is 81.2 Å². The second-order valence-electron chi connectivity index (χ2n) is 7.37. The molecule has 1 aromatic carbocycles. The number of pyridine rings is 1. The molecule has 0 bridgehead atoms. The molecule has 4 rings (SSSR count). The van der Waals surface area contributed by atoms with Crippen LogP contribution >= 0.6 is 0 Å². The lowest BCUT2D eigenvalue weighted by molar-refractivity contribution is 0.0636. The van der Waals surface area contributed by atoms with E-state index in [1.165, 1.54) is 10.9 Å². The van der Waals surface area contributed by atoms with Crippen LogP contribution < -0.4 is 5.32 Å². The number of likely N-dealkylation sites (tertiary alicyclic amines) is 1. The van der Waals surface area contributed by atoms with Crippen LogP contribution in [0.2, 0.25) is 0 Å². The maximum absolute atomic E-state index is 12.5. The molecule has 0 aliphatic carbocycles. The molecule has 1 aliphatic rings. The van der Waals surface area contributed by atoms with Crippen LogP contribution in [0.15, 0.2) is 54.9 Å². The van der Waals surface area contributed by atoms with Crippen LogP contribution in [0, 0.1) is 5.92 Å². The first-order valence-corrected chi connectivity index (χ1v) is 9.89. The van der Waals surface area contributed by atoms with Gasteiger partial charge < -0.3 is 20.3 Å². The molecule has 6 nitrogen and oxygen atoms in total. The number of nitrogens with one attached hydrogen (secondary N) is 2. The lowest BCUT2D eigenvalue weighted by atomic mass is 9.89. The van der Waals surface area contributed by atoms with E-state index in [0.29, 0.717) is 25.3 Å². The molecular formula is C22H26N4O2. The summed E-state index contributed by atoms with van der Waals surface area (Å²) in [6.07, 6.45) is 5.52. The largest absolute Gasteiger partial charge is 0.387 e. The number of carbonyl (C=O) groups excluding carboxylic acids is 1. The first kappa shape index (κ1) is 18.5. The van der Waals surface area contributed by atoms with Gasteiger partial charge >= 0.3 is 6.03 Å². The summed E-state index contributed by atoms with van der Waals surface area (Å²) in [6, 6.07) is 13.8. The Morgan fingerprint density at radius 2 is 2.00 bits per heavy atom. The molecule has 0 saturated carbocycles. The van der Waals surface area contributed by atoms with E-state index in [1.54, 1.807) is 6.20 Å². The number of amides is 2. The number of piperidine rings is 1. The molecule has 1 aliphatic heterocycles. The van der Waals surface area contributed by atoms with Crippen LogP contribution in [0.1, 0.15) is 30.2 Å².